The molecule has 0 bridgehead atoms. The van der Waals surface area contributed by atoms with Crippen LogP contribution in [0.15, 0.2) is 48.5 Å². The van der Waals surface area contributed by atoms with Crippen LogP contribution in [-0.4, -0.2) is 41.3 Å². The average molecular weight is 467 g/mol. The van der Waals surface area contributed by atoms with Crippen molar-refractivity contribution in [2.75, 3.05) is 6.61 Å². The summed E-state index contributed by atoms with van der Waals surface area (Å²) in [5, 5.41) is 14.7. The van der Waals surface area contributed by atoms with Crippen molar-refractivity contribution in [3.63, 3.8) is 0 Å². The minimum atomic E-state index is -1.08. The predicted molar refractivity (Wildman–Crippen MR) is 131 cm³/mol. The first-order chi connectivity index (χ1) is 15.9. The lowest BCUT2D eigenvalue weighted by Crippen LogP contribution is -2.50. The van der Waals surface area contributed by atoms with Crippen LogP contribution in [0.25, 0.3) is 11.1 Å². The molecule has 0 saturated heterocycles. The number of ether oxygens (including phenoxy) is 1. The summed E-state index contributed by atoms with van der Waals surface area (Å²) in [6.45, 7) is 9.32. The molecule has 0 saturated carbocycles. The van der Waals surface area contributed by atoms with E-state index >= 15 is 0 Å². The Balaban J connectivity index is 1.57. The van der Waals surface area contributed by atoms with E-state index in [-0.39, 0.29) is 24.4 Å². The lowest BCUT2D eigenvalue weighted by atomic mass is 9.88. The third-order valence-electron chi connectivity index (χ3n) is 5.84. The molecule has 182 valence electrons. The number of benzene rings is 2. The van der Waals surface area contributed by atoms with Crippen LogP contribution in [0.2, 0.25) is 0 Å². The van der Waals surface area contributed by atoms with Gasteiger partial charge in [-0.3, -0.25) is 4.79 Å². The maximum Gasteiger partial charge on any atom is 0.407 e. The van der Waals surface area contributed by atoms with Crippen molar-refractivity contribution in [1.82, 2.24) is 10.6 Å². The summed E-state index contributed by atoms with van der Waals surface area (Å²) in [5.41, 5.74) is 3.35. The molecule has 2 aromatic carbocycles. The van der Waals surface area contributed by atoms with Gasteiger partial charge in [-0.05, 0) is 47.9 Å². The fourth-order valence-electron chi connectivity index (χ4n) is 4.41. The van der Waals surface area contributed by atoms with E-state index in [0.717, 1.165) is 22.3 Å². The molecule has 0 heterocycles. The fraction of sp³-hybridized carbons (Fsp3) is 0.444. The lowest BCUT2D eigenvalue weighted by molar-refractivity contribution is -0.142. The Bertz CT molecular complexity index is 1030. The van der Waals surface area contributed by atoms with Gasteiger partial charge in [0.05, 0.1) is 0 Å². The van der Waals surface area contributed by atoms with E-state index in [2.05, 4.69) is 22.8 Å². The van der Waals surface area contributed by atoms with Crippen molar-refractivity contribution >= 4 is 18.0 Å². The second-order valence-corrected chi connectivity index (χ2v) is 10.7. The maximum absolute atomic E-state index is 12.6. The molecule has 1 unspecified atom stereocenters. The van der Waals surface area contributed by atoms with E-state index in [1.807, 2.05) is 57.2 Å². The van der Waals surface area contributed by atoms with Crippen molar-refractivity contribution in [3.8, 4) is 11.1 Å². The standard InChI is InChI=1S/C27H34N2O5/c1-26(2,3)14-22(24(31)32)28-23(30)15-27(4,5)29-25(33)34-16-21-19-12-8-6-10-17(19)18-11-7-9-13-20(18)21/h6-13,21-22H,14-16H2,1-5H3,(H,28,30)(H,29,33)(H,31,32). The summed E-state index contributed by atoms with van der Waals surface area (Å²) < 4.78 is 5.57. The highest BCUT2D eigenvalue weighted by Gasteiger charge is 2.32. The number of hydrogen-bond acceptors (Lipinski definition) is 4. The van der Waals surface area contributed by atoms with E-state index in [1.54, 1.807) is 13.8 Å². The van der Waals surface area contributed by atoms with E-state index in [9.17, 15) is 19.5 Å². The summed E-state index contributed by atoms with van der Waals surface area (Å²) in [7, 11) is 0. The minimum absolute atomic E-state index is 0.0571. The number of fused-ring (bicyclic) bond motifs is 3. The molecule has 0 spiro atoms. The Morgan fingerprint density at radius 2 is 1.47 bits per heavy atom. The third kappa shape index (κ3) is 6.37. The van der Waals surface area contributed by atoms with Gasteiger partial charge in [-0.25, -0.2) is 9.59 Å². The number of nitrogens with one attached hydrogen (secondary N) is 2. The normalized spacial score (nSPS) is 14.0. The largest absolute Gasteiger partial charge is 0.480 e. The summed E-state index contributed by atoms with van der Waals surface area (Å²) in [6.07, 6.45) is -0.400. The topological polar surface area (TPSA) is 105 Å². The molecule has 0 aromatic heterocycles. The van der Waals surface area contributed by atoms with Crippen molar-refractivity contribution in [1.29, 1.82) is 0 Å². The number of alkyl carbamates (subject to hydrolysis) is 1. The molecular weight excluding hydrogens is 432 g/mol. The van der Waals surface area contributed by atoms with Crippen LogP contribution >= 0.6 is 0 Å². The molecule has 1 aliphatic carbocycles. The summed E-state index contributed by atoms with van der Waals surface area (Å²) in [4.78, 5) is 36.6. The highest BCUT2D eigenvalue weighted by molar-refractivity contribution is 5.84. The second kappa shape index (κ2) is 9.87. The van der Waals surface area contributed by atoms with Crippen LogP contribution in [0.5, 0.6) is 0 Å². The monoisotopic (exact) mass is 466 g/mol. The Labute approximate surface area is 200 Å². The van der Waals surface area contributed by atoms with Crippen molar-refractivity contribution in [2.24, 2.45) is 5.41 Å². The summed E-state index contributed by atoms with van der Waals surface area (Å²) in [5.74, 6) is -1.58. The predicted octanol–water partition coefficient (Wildman–Crippen LogP) is 4.70. The SMILES string of the molecule is CC(C)(C)CC(NC(=O)CC(C)(C)NC(=O)OCC1c2ccccc2-c2ccccc21)C(=O)O. The molecule has 34 heavy (non-hydrogen) atoms. The Morgan fingerprint density at radius 1 is 0.941 bits per heavy atom. The first-order valence-electron chi connectivity index (χ1n) is 11.5. The molecule has 1 atom stereocenters. The molecule has 0 radical (unpaired) electrons. The quantitative estimate of drug-likeness (QED) is 0.523. The van der Waals surface area contributed by atoms with Gasteiger partial charge in [0.25, 0.3) is 0 Å². The van der Waals surface area contributed by atoms with Crippen molar-refractivity contribution in [3.05, 3.63) is 59.7 Å². The van der Waals surface area contributed by atoms with Crippen molar-refractivity contribution in [2.45, 2.75) is 65.0 Å². The van der Waals surface area contributed by atoms with Crippen LogP contribution in [0.3, 0.4) is 0 Å². The van der Waals surface area contributed by atoms with E-state index in [4.69, 9.17) is 4.74 Å². The van der Waals surface area contributed by atoms with Gasteiger partial charge in [0.1, 0.15) is 12.6 Å². The number of rotatable bonds is 8. The third-order valence-corrected chi connectivity index (χ3v) is 5.84. The minimum Gasteiger partial charge on any atom is -0.480 e. The smallest absolute Gasteiger partial charge is 0.407 e. The zero-order valence-corrected chi connectivity index (χ0v) is 20.5. The molecule has 7 heteroatoms. The van der Waals surface area contributed by atoms with Gasteiger partial charge < -0.3 is 20.5 Å². The van der Waals surface area contributed by atoms with Crippen LogP contribution < -0.4 is 10.6 Å². The molecule has 3 rings (SSSR count). The van der Waals surface area contributed by atoms with Gasteiger partial charge in [0.15, 0.2) is 0 Å². The molecule has 3 N–H and O–H groups in total. The zero-order chi connectivity index (χ0) is 25.1. The molecule has 0 fully saturated rings. The number of carbonyl (C=O) groups is 3. The maximum atomic E-state index is 12.6. The van der Waals surface area contributed by atoms with Crippen LogP contribution in [-0.2, 0) is 14.3 Å². The first kappa shape index (κ1) is 25.3. The molecule has 7 nitrogen and oxygen atoms in total. The zero-order valence-electron chi connectivity index (χ0n) is 20.5. The number of hydrogen-bond donors (Lipinski definition) is 3. The molecule has 2 aromatic rings. The molecule has 0 aliphatic heterocycles. The number of carboxylic acids is 1. The van der Waals surface area contributed by atoms with Gasteiger partial charge in [0.2, 0.25) is 5.91 Å². The Hall–Kier alpha value is -3.35. The number of amides is 2. The van der Waals surface area contributed by atoms with Gasteiger partial charge in [-0.1, -0.05) is 69.3 Å². The average Bonchev–Trinajstić information content (AvgIpc) is 3.03. The Kier molecular flexibility index (Phi) is 7.34. The first-order valence-corrected chi connectivity index (χ1v) is 11.5. The van der Waals surface area contributed by atoms with Gasteiger partial charge in [-0.2, -0.15) is 0 Å². The molecule has 1 aliphatic rings. The van der Waals surface area contributed by atoms with E-state index in [0.29, 0.717) is 6.42 Å². The van der Waals surface area contributed by atoms with Gasteiger partial charge in [-0.15, -0.1) is 0 Å². The summed E-state index contributed by atoms with van der Waals surface area (Å²) >= 11 is 0. The lowest BCUT2D eigenvalue weighted by Gasteiger charge is -2.28. The molecule has 2 amide bonds. The summed E-state index contributed by atoms with van der Waals surface area (Å²) in [6, 6.07) is 15.2. The highest BCUT2D eigenvalue weighted by Crippen LogP contribution is 2.44. The number of carboxylic acid groups (broad SMARTS) is 1. The number of carbonyl (C=O) groups excluding carboxylic acids is 2. The second-order valence-electron chi connectivity index (χ2n) is 10.7. The highest BCUT2D eigenvalue weighted by atomic mass is 16.5. The fourth-order valence-corrected chi connectivity index (χ4v) is 4.41. The van der Waals surface area contributed by atoms with E-state index < -0.39 is 29.6 Å². The van der Waals surface area contributed by atoms with E-state index in [1.165, 1.54) is 0 Å². The Morgan fingerprint density at radius 3 is 1.97 bits per heavy atom. The molecular formula is C27H34N2O5. The van der Waals surface area contributed by atoms with Gasteiger partial charge in [0, 0.05) is 17.9 Å². The number of aliphatic carboxylic acids is 1. The van der Waals surface area contributed by atoms with Gasteiger partial charge >= 0.3 is 12.1 Å². The van der Waals surface area contributed by atoms with Crippen LogP contribution in [0, 0.1) is 5.41 Å². The van der Waals surface area contributed by atoms with Crippen molar-refractivity contribution < 1.29 is 24.2 Å². The van der Waals surface area contributed by atoms with Crippen LogP contribution in [0.4, 0.5) is 4.79 Å². The van der Waals surface area contributed by atoms with Crippen LogP contribution in [0.1, 0.15) is 64.5 Å².